The molecule has 0 saturated heterocycles. The Kier molecular flexibility index (Phi) is 3.27. The van der Waals surface area contributed by atoms with Gasteiger partial charge in [0.05, 0.1) is 11.3 Å². The second kappa shape index (κ2) is 4.58. The number of rotatable bonds is 4. The lowest BCUT2D eigenvalue weighted by Crippen LogP contribution is -2.30. The van der Waals surface area contributed by atoms with Crippen LogP contribution in [0, 0.1) is 0 Å². The zero-order valence-corrected chi connectivity index (χ0v) is 10.5. The molecule has 0 unspecified atom stereocenters. The molecule has 2 rings (SSSR count). The van der Waals surface area contributed by atoms with Gasteiger partial charge in [0.15, 0.2) is 0 Å². The summed E-state index contributed by atoms with van der Waals surface area (Å²) in [6.07, 6.45) is 0.792. The van der Waals surface area contributed by atoms with Crippen LogP contribution in [0.2, 0.25) is 0 Å². The number of benzene rings is 1. The third-order valence-corrected chi connectivity index (χ3v) is 3.72. The fourth-order valence-corrected chi connectivity index (χ4v) is 2.52. The van der Waals surface area contributed by atoms with Crippen LogP contribution in [0.3, 0.4) is 0 Å². The number of fused-ring (bicyclic) bond motifs is 1. The third-order valence-electron chi connectivity index (χ3n) is 2.97. The molecule has 1 aromatic carbocycles. The molecule has 98 valence electrons. The molecule has 3 N–H and O–H groups in total. The van der Waals surface area contributed by atoms with Gasteiger partial charge >= 0.3 is 5.97 Å². The number of carboxylic acid groups (broad SMARTS) is 1. The Bertz CT molecular complexity index is 583. The number of anilines is 1. The largest absolute Gasteiger partial charge is 0.478 e. The maximum absolute atomic E-state index is 10.9. The summed E-state index contributed by atoms with van der Waals surface area (Å²) in [5.74, 6) is -1.12. The van der Waals surface area contributed by atoms with Crippen LogP contribution in [0.5, 0.6) is 0 Å². The molecule has 0 aromatic heterocycles. The minimum absolute atomic E-state index is 0.135. The van der Waals surface area contributed by atoms with E-state index in [9.17, 15) is 13.2 Å². The van der Waals surface area contributed by atoms with Gasteiger partial charge in [-0.25, -0.2) is 18.4 Å². The van der Waals surface area contributed by atoms with E-state index in [-0.39, 0.29) is 17.9 Å². The predicted molar refractivity (Wildman–Crippen MR) is 67.3 cm³/mol. The number of nitrogens with zero attached hydrogens (tertiary/aromatic N) is 1. The van der Waals surface area contributed by atoms with Crippen LogP contribution in [-0.2, 0) is 16.4 Å². The Morgan fingerprint density at radius 1 is 1.44 bits per heavy atom. The van der Waals surface area contributed by atoms with E-state index in [0.717, 1.165) is 17.7 Å². The highest BCUT2D eigenvalue weighted by atomic mass is 32.2. The van der Waals surface area contributed by atoms with Gasteiger partial charge in [0, 0.05) is 18.8 Å². The quantitative estimate of drug-likeness (QED) is 0.804. The van der Waals surface area contributed by atoms with Crippen LogP contribution >= 0.6 is 0 Å². The summed E-state index contributed by atoms with van der Waals surface area (Å²) >= 11 is 0. The van der Waals surface area contributed by atoms with Gasteiger partial charge in [-0.15, -0.1) is 0 Å². The summed E-state index contributed by atoms with van der Waals surface area (Å²) in [5, 5.41) is 13.9. The first-order valence-corrected chi connectivity index (χ1v) is 7.20. The topological polar surface area (TPSA) is 101 Å². The van der Waals surface area contributed by atoms with Crippen LogP contribution < -0.4 is 10.0 Å². The van der Waals surface area contributed by atoms with E-state index in [1.54, 1.807) is 18.2 Å². The van der Waals surface area contributed by atoms with E-state index < -0.39 is 16.0 Å². The second-order valence-electron chi connectivity index (χ2n) is 4.25. The molecule has 1 heterocycles. The van der Waals surface area contributed by atoms with Gasteiger partial charge in [-0.2, -0.15) is 0 Å². The van der Waals surface area contributed by atoms with Crippen molar-refractivity contribution in [1.29, 1.82) is 0 Å². The van der Waals surface area contributed by atoms with E-state index >= 15 is 0 Å². The number of nitrogens with two attached hydrogens (primary N) is 1. The molecule has 1 aliphatic rings. The lowest BCUT2D eigenvalue weighted by atomic mass is 10.1. The Labute approximate surface area is 105 Å². The van der Waals surface area contributed by atoms with E-state index in [0.29, 0.717) is 6.54 Å². The lowest BCUT2D eigenvalue weighted by Gasteiger charge is -2.18. The highest BCUT2D eigenvalue weighted by Gasteiger charge is 2.21. The lowest BCUT2D eigenvalue weighted by molar-refractivity contribution is 0.0697. The Balaban J connectivity index is 2.21. The average Bonchev–Trinajstić information content (AvgIpc) is 2.67. The standard InChI is InChI=1S/C11H14N2O4S/c12-18(16,17)6-5-13-4-3-8-1-2-9(11(14)15)7-10(8)13/h1-2,7H,3-6H2,(H,14,15)(H2,12,16,17). The van der Waals surface area contributed by atoms with Crippen LogP contribution in [0.1, 0.15) is 15.9 Å². The summed E-state index contributed by atoms with van der Waals surface area (Å²) in [6.45, 7) is 0.975. The fourth-order valence-electron chi connectivity index (χ4n) is 2.05. The highest BCUT2D eigenvalue weighted by Crippen LogP contribution is 2.28. The first-order chi connectivity index (χ1) is 8.37. The monoisotopic (exact) mass is 270 g/mol. The van der Waals surface area contributed by atoms with Crippen molar-refractivity contribution in [3.05, 3.63) is 29.3 Å². The van der Waals surface area contributed by atoms with Crippen molar-refractivity contribution in [3.63, 3.8) is 0 Å². The minimum Gasteiger partial charge on any atom is -0.478 e. The molecular weight excluding hydrogens is 256 g/mol. The summed E-state index contributed by atoms with van der Waals surface area (Å²) in [5.41, 5.74) is 2.03. The normalized spacial score (nSPS) is 14.6. The number of aromatic carboxylic acids is 1. The highest BCUT2D eigenvalue weighted by molar-refractivity contribution is 7.89. The summed E-state index contributed by atoms with van der Waals surface area (Å²) in [4.78, 5) is 12.7. The number of hydrogen-bond acceptors (Lipinski definition) is 4. The van der Waals surface area contributed by atoms with Gasteiger partial charge in [-0.05, 0) is 24.1 Å². The Morgan fingerprint density at radius 2 is 2.17 bits per heavy atom. The van der Waals surface area contributed by atoms with Gasteiger partial charge in [0.1, 0.15) is 0 Å². The van der Waals surface area contributed by atoms with Crippen molar-refractivity contribution in [3.8, 4) is 0 Å². The number of sulfonamides is 1. The molecule has 0 spiro atoms. The SMILES string of the molecule is NS(=O)(=O)CCN1CCc2ccc(C(=O)O)cc21. The van der Waals surface area contributed by atoms with Crippen LogP contribution in [0.15, 0.2) is 18.2 Å². The summed E-state index contributed by atoms with van der Waals surface area (Å²) < 4.78 is 21.9. The molecule has 1 aromatic rings. The first-order valence-electron chi connectivity index (χ1n) is 5.48. The molecule has 0 bridgehead atoms. The first kappa shape index (κ1) is 12.8. The van der Waals surface area contributed by atoms with E-state index in [2.05, 4.69) is 0 Å². The average molecular weight is 270 g/mol. The molecule has 7 heteroatoms. The number of carboxylic acids is 1. The molecule has 6 nitrogen and oxygen atoms in total. The molecule has 0 aliphatic carbocycles. The van der Waals surface area contributed by atoms with E-state index in [1.807, 2.05) is 4.90 Å². The van der Waals surface area contributed by atoms with Crippen molar-refractivity contribution in [1.82, 2.24) is 0 Å². The summed E-state index contributed by atoms with van der Waals surface area (Å²) in [7, 11) is -3.50. The predicted octanol–water partition coefficient (Wildman–Crippen LogP) is 0.0358. The molecule has 1 aliphatic heterocycles. The third kappa shape index (κ3) is 2.80. The van der Waals surface area contributed by atoms with Gasteiger partial charge in [-0.1, -0.05) is 6.07 Å². The Morgan fingerprint density at radius 3 is 2.78 bits per heavy atom. The van der Waals surface area contributed by atoms with Crippen LogP contribution in [0.25, 0.3) is 0 Å². The Hall–Kier alpha value is -1.60. The maximum atomic E-state index is 10.9. The van der Waals surface area contributed by atoms with E-state index in [4.69, 9.17) is 10.2 Å². The molecule has 0 saturated carbocycles. The minimum atomic E-state index is -3.50. The van der Waals surface area contributed by atoms with Crippen LogP contribution in [0.4, 0.5) is 5.69 Å². The molecule has 0 radical (unpaired) electrons. The van der Waals surface area contributed by atoms with Crippen molar-refractivity contribution >= 4 is 21.7 Å². The number of carbonyl (C=O) groups is 1. The van der Waals surface area contributed by atoms with E-state index in [1.165, 1.54) is 0 Å². The van der Waals surface area contributed by atoms with Crippen molar-refractivity contribution < 1.29 is 18.3 Å². The maximum Gasteiger partial charge on any atom is 0.335 e. The second-order valence-corrected chi connectivity index (χ2v) is 5.99. The zero-order valence-electron chi connectivity index (χ0n) is 9.67. The summed E-state index contributed by atoms with van der Waals surface area (Å²) in [6, 6.07) is 4.91. The van der Waals surface area contributed by atoms with Crippen LogP contribution in [-0.4, -0.2) is 38.3 Å². The smallest absolute Gasteiger partial charge is 0.335 e. The van der Waals surface area contributed by atoms with Crippen molar-refractivity contribution in [2.45, 2.75) is 6.42 Å². The molecular formula is C11H14N2O4S. The molecule has 0 atom stereocenters. The van der Waals surface area contributed by atoms with Gasteiger partial charge in [0.2, 0.25) is 10.0 Å². The zero-order chi connectivity index (χ0) is 13.3. The van der Waals surface area contributed by atoms with Gasteiger partial charge in [0.25, 0.3) is 0 Å². The molecule has 0 fully saturated rings. The number of hydrogen-bond donors (Lipinski definition) is 2. The number of primary sulfonamides is 1. The van der Waals surface area contributed by atoms with Crippen molar-refractivity contribution in [2.24, 2.45) is 5.14 Å². The van der Waals surface area contributed by atoms with Gasteiger partial charge < -0.3 is 10.0 Å². The van der Waals surface area contributed by atoms with Gasteiger partial charge in [-0.3, -0.25) is 0 Å². The molecule has 0 amide bonds. The molecule has 18 heavy (non-hydrogen) atoms. The fraction of sp³-hybridized carbons (Fsp3) is 0.364. The van der Waals surface area contributed by atoms with Crippen molar-refractivity contribution in [2.75, 3.05) is 23.7 Å².